The smallest absolute Gasteiger partial charge is 0.230 e. The van der Waals surface area contributed by atoms with Crippen molar-refractivity contribution in [2.45, 2.75) is 26.7 Å². The predicted octanol–water partition coefficient (Wildman–Crippen LogP) is 4.45. The van der Waals surface area contributed by atoms with Gasteiger partial charge in [0.1, 0.15) is 0 Å². The Hall–Kier alpha value is -1.29. The molecule has 0 saturated heterocycles. The van der Waals surface area contributed by atoms with Crippen LogP contribution in [-0.2, 0) is 0 Å². The second-order valence-corrected chi connectivity index (χ2v) is 5.76. The minimum Gasteiger partial charge on any atom is -0.367 e. The summed E-state index contributed by atoms with van der Waals surface area (Å²) < 4.78 is 6.21. The Bertz CT molecular complexity index is 531. The first kappa shape index (κ1) is 13.1. The molecule has 1 aromatic heterocycles. The largest absolute Gasteiger partial charge is 0.367 e. The van der Waals surface area contributed by atoms with Gasteiger partial charge in [-0.15, -0.1) is 0 Å². The highest BCUT2D eigenvalue weighted by molar-refractivity contribution is 9.10. The van der Waals surface area contributed by atoms with Crippen LogP contribution in [0, 0.1) is 5.92 Å². The maximum atomic E-state index is 5.91. The third-order valence-corrected chi connectivity index (χ3v) is 3.84. The fraction of sp³-hybridized carbons (Fsp3) is 0.357. The van der Waals surface area contributed by atoms with E-state index in [4.69, 9.17) is 10.3 Å². The first-order chi connectivity index (χ1) is 8.50. The van der Waals surface area contributed by atoms with Crippen LogP contribution in [0.3, 0.4) is 0 Å². The van der Waals surface area contributed by atoms with E-state index in [9.17, 15) is 0 Å². The van der Waals surface area contributed by atoms with Crippen molar-refractivity contribution in [1.29, 1.82) is 0 Å². The molecule has 4 heteroatoms. The maximum absolute atomic E-state index is 5.91. The van der Waals surface area contributed by atoms with Crippen molar-refractivity contribution in [2.24, 2.45) is 5.92 Å². The van der Waals surface area contributed by atoms with Gasteiger partial charge in [0.2, 0.25) is 5.88 Å². The Labute approximate surface area is 115 Å². The zero-order valence-electron chi connectivity index (χ0n) is 10.8. The van der Waals surface area contributed by atoms with Crippen molar-refractivity contribution in [1.82, 2.24) is 5.16 Å². The minimum absolute atomic E-state index is 0.310. The van der Waals surface area contributed by atoms with Crippen molar-refractivity contribution < 1.29 is 4.52 Å². The molecule has 0 aliphatic rings. The lowest BCUT2D eigenvalue weighted by Gasteiger charge is -2.14. The number of aromatic nitrogens is 1. The zero-order valence-corrected chi connectivity index (χ0v) is 12.4. The number of nitrogens with two attached hydrogens (primary N) is 1. The number of nitrogen functional groups attached to an aromatic ring is 1. The Kier molecular flexibility index (Phi) is 3.76. The third-order valence-electron chi connectivity index (χ3n) is 3.31. The number of anilines is 1. The van der Waals surface area contributed by atoms with Crippen molar-refractivity contribution in [3.63, 3.8) is 0 Å². The van der Waals surface area contributed by atoms with E-state index in [-0.39, 0.29) is 0 Å². The molecular formula is C14H17BrN2O. The zero-order chi connectivity index (χ0) is 13.3. The van der Waals surface area contributed by atoms with Gasteiger partial charge in [0.05, 0.1) is 11.3 Å². The lowest BCUT2D eigenvalue weighted by Crippen LogP contribution is -2.04. The normalized spacial score (nSPS) is 12.9. The van der Waals surface area contributed by atoms with Crippen LogP contribution >= 0.6 is 15.9 Å². The monoisotopic (exact) mass is 308 g/mol. The van der Waals surface area contributed by atoms with Crippen molar-refractivity contribution in [3.05, 3.63) is 34.4 Å². The van der Waals surface area contributed by atoms with E-state index in [1.807, 2.05) is 24.3 Å². The number of hydrogen-bond donors (Lipinski definition) is 1. The molecule has 96 valence electrons. The molecule has 0 aliphatic carbocycles. The lowest BCUT2D eigenvalue weighted by atomic mass is 9.90. The SMILES string of the molecule is CC(C)C(C)c1noc(N)c1-c1ccc(Br)cc1. The summed E-state index contributed by atoms with van der Waals surface area (Å²) in [4.78, 5) is 0. The summed E-state index contributed by atoms with van der Waals surface area (Å²) in [6.45, 7) is 6.48. The standard InChI is InChI=1S/C14H17BrN2O/c1-8(2)9(3)13-12(14(16)18-17-13)10-4-6-11(15)7-5-10/h4-9H,16H2,1-3H3. The summed E-state index contributed by atoms with van der Waals surface area (Å²) >= 11 is 3.43. The Balaban J connectivity index is 2.50. The molecule has 0 fully saturated rings. The first-order valence-corrected chi connectivity index (χ1v) is 6.81. The van der Waals surface area contributed by atoms with Gasteiger partial charge in [-0.2, -0.15) is 0 Å². The van der Waals surface area contributed by atoms with E-state index in [1.165, 1.54) is 0 Å². The summed E-state index contributed by atoms with van der Waals surface area (Å²) in [7, 11) is 0. The maximum Gasteiger partial charge on any atom is 0.230 e. The summed E-state index contributed by atoms with van der Waals surface area (Å²) in [5, 5.41) is 4.12. The summed E-state index contributed by atoms with van der Waals surface area (Å²) in [6, 6.07) is 8.02. The van der Waals surface area contributed by atoms with Crippen molar-refractivity contribution in [3.8, 4) is 11.1 Å². The quantitative estimate of drug-likeness (QED) is 0.911. The van der Waals surface area contributed by atoms with Gasteiger partial charge in [-0.3, -0.25) is 0 Å². The van der Waals surface area contributed by atoms with Gasteiger partial charge in [0, 0.05) is 10.4 Å². The number of rotatable bonds is 3. The molecule has 18 heavy (non-hydrogen) atoms. The van der Waals surface area contributed by atoms with Gasteiger partial charge >= 0.3 is 0 Å². The van der Waals surface area contributed by atoms with Crippen molar-refractivity contribution >= 4 is 21.8 Å². The molecule has 0 amide bonds. The molecule has 1 unspecified atom stereocenters. The van der Waals surface area contributed by atoms with Gasteiger partial charge in [0.15, 0.2) is 0 Å². The average Bonchev–Trinajstić information content (AvgIpc) is 2.71. The molecular weight excluding hydrogens is 292 g/mol. The van der Waals surface area contributed by atoms with E-state index in [1.54, 1.807) is 0 Å². The molecule has 2 N–H and O–H groups in total. The van der Waals surface area contributed by atoms with E-state index in [0.29, 0.717) is 17.7 Å². The highest BCUT2D eigenvalue weighted by Gasteiger charge is 2.22. The number of hydrogen-bond acceptors (Lipinski definition) is 3. The number of halogens is 1. The molecule has 0 saturated carbocycles. The third kappa shape index (κ3) is 2.43. The summed E-state index contributed by atoms with van der Waals surface area (Å²) in [5.41, 5.74) is 8.80. The molecule has 0 spiro atoms. The fourth-order valence-corrected chi connectivity index (χ4v) is 2.11. The molecule has 3 nitrogen and oxygen atoms in total. The highest BCUT2D eigenvalue weighted by atomic mass is 79.9. The van der Waals surface area contributed by atoms with Crippen LogP contribution < -0.4 is 5.73 Å². The van der Waals surface area contributed by atoms with Crippen LogP contribution in [0.2, 0.25) is 0 Å². The Morgan fingerprint density at radius 3 is 2.33 bits per heavy atom. The van der Waals surface area contributed by atoms with Gasteiger partial charge in [0.25, 0.3) is 0 Å². The molecule has 1 atom stereocenters. The van der Waals surface area contributed by atoms with E-state index < -0.39 is 0 Å². The van der Waals surface area contributed by atoms with Crippen LogP contribution in [0.4, 0.5) is 5.88 Å². The molecule has 0 radical (unpaired) electrons. The average molecular weight is 309 g/mol. The van der Waals surface area contributed by atoms with E-state index >= 15 is 0 Å². The number of nitrogens with zero attached hydrogens (tertiary/aromatic N) is 1. The predicted molar refractivity (Wildman–Crippen MR) is 77.3 cm³/mol. The fourth-order valence-electron chi connectivity index (χ4n) is 1.85. The van der Waals surface area contributed by atoms with Crippen LogP contribution in [0.25, 0.3) is 11.1 Å². The minimum atomic E-state index is 0.310. The molecule has 1 heterocycles. The van der Waals surface area contributed by atoms with Crippen LogP contribution in [0.5, 0.6) is 0 Å². The van der Waals surface area contributed by atoms with Crippen molar-refractivity contribution in [2.75, 3.05) is 5.73 Å². The Morgan fingerprint density at radius 2 is 1.78 bits per heavy atom. The van der Waals surface area contributed by atoms with E-state index in [0.717, 1.165) is 21.3 Å². The van der Waals surface area contributed by atoms with Crippen LogP contribution in [0.15, 0.2) is 33.3 Å². The lowest BCUT2D eigenvalue weighted by molar-refractivity contribution is 0.407. The van der Waals surface area contributed by atoms with E-state index in [2.05, 4.69) is 41.9 Å². The Morgan fingerprint density at radius 1 is 1.17 bits per heavy atom. The second kappa shape index (κ2) is 5.14. The molecule has 0 bridgehead atoms. The summed E-state index contributed by atoms with van der Waals surface area (Å²) in [6.07, 6.45) is 0. The molecule has 1 aromatic carbocycles. The van der Waals surface area contributed by atoms with Crippen LogP contribution in [0.1, 0.15) is 32.4 Å². The van der Waals surface area contributed by atoms with Crippen LogP contribution in [-0.4, -0.2) is 5.16 Å². The number of benzene rings is 1. The topological polar surface area (TPSA) is 52.0 Å². The first-order valence-electron chi connectivity index (χ1n) is 6.01. The van der Waals surface area contributed by atoms with Gasteiger partial charge in [-0.1, -0.05) is 54.0 Å². The molecule has 2 rings (SSSR count). The second-order valence-electron chi connectivity index (χ2n) is 4.85. The van der Waals surface area contributed by atoms with Gasteiger partial charge < -0.3 is 10.3 Å². The highest BCUT2D eigenvalue weighted by Crippen LogP contribution is 2.36. The molecule has 2 aromatic rings. The van der Waals surface area contributed by atoms with Gasteiger partial charge in [-0.25, -0.2) is 0 Å². The van der Waals surface area contributed by atoms with Gasteiger partial charge in [-0.05, 0) is 23.6 Å². The molecule has 0 aliphatic heterocycles. The summed E-state index contributed by atoms with van der Waals surface area (Å²) in [5.74, 6) is 1.19.